The van der Waals surface area contributed by atoms with Crippen molar-refractivity contribution in [1.82, 2.24) is 19.8 Å². The molecular weight excluding hydrogens is 220 g/mol. The zero-order chi connectivity index (χ0) is 12.2. The number of amides is 3. The van der Waals surface area contributed by atoms with Gasteiger partial charge in [0.1, 0.15) is 6.04 Å². The van der Waals surface area contributed by atoms with E-state index in [1.54, 1.807) is 11.2 Å². The van der Waals surface area contributed by atoms with Gasteiger partial charge in [0.05, 0.1) is 24.3 Å². The highest BCUT2D eigenvalue weighted by Gasteiger charge is 2.48. The highest BCUT2D eigenvalue weighted by molar-refractivity contribution is 6.04. The summed E-state index contributed by atoms with van der Waals surface area (Å²) >= 11 is 0. The zero-order valence-electron chi connectivity index (χ0n) is 9.80. The summed E-state index contributed by atoms with van der Waals surface area (Å²) in [5, 5.41) is 0. The van der Waals surface area contributed by atoms with E-state index in [-0.39, 0.29) is 24.0 Å². The number of hydrogen-bond donors (Lipinski definition) is 1. The lowest BCUT2D eigenvalue weighted by Gasteiger charge is -2.25. The van der Waals surface area contributed by atoms with Crippen LogP contribution < -0.4 is 0 Å². The molecule has 90 valence electrons. The molecule has 0 spiro atoms. The van der Waals surface area contributed by atoms with E-state index < -0.39 is 0 Å². The van der Waals surface area contributed by atoms with E-state index in [1.165, 1.54) is 4.90 Å². The van der Waals surface area contributed by atoms with Gasteiger partial charge in [-0.2, -0.15) is 0 Å². The second-order valence-electron chi connectivity index (χ2n) is 4.76. The topological polar surface area (TPSA) is 69.3 Å². The maximum atomic E-state index is 12.1. The number of H-pyrrole nitrogens is 1. The van der Waals surface area contributed by atoms with Gasteiger partial charge in [0.2, 0.25) is 0 Å². The van der Waals surface area contributed by atoms with Crippen LogP contribution in [0.4, 0.5) is 4.79 Å². The molecule has 0 radical (unpaired) electrons. The molecule has 1 atom stereocenters. The summed E-state index contributed by atoms with van der Waals surface area (Å²) in [7, 11) is 0. The maximum absolute atomic E-state index is 12.1. The van der Waals surface area contributed by atoms with E-state index in [0.29, 0.717) is 13.0 Å². The molecule has 3 rings (SSSR count). The molecule has 0 saturated carbocycles. The quantitative estimate of drug-likeness (QED) is 0.720. The van der Waals surface area contributed by atoms with Gasteiger partial charge in [-0.25, -0.2) is 9.78 Å². The highest BCUT2D eigenvalue weighted by atomic mass is 16.2. The number of aromatic nitrogens is 2. The SMILES string of the molecule is CC(C)N1C(=O)[C@H]2Cc3nc[nH]c3CN2C1=O. The van der Waals surface area contributed by atoms with E-state index in [4.69, 9.17) is 0 Å². The van der Waals surface area contributed by atoms with Crippen molar-refractivity contribution in [1.29, 1.82) is 0 Å². The van der Waals surface area contributed by atoms with Gasteiger partial charge in [-0.1, -0.05) is 0 Å². The molecular formula is C11H14N4O2. The number of imidazole rings is 1. The van der Waals surface area contributed by atoms with Crippen LogP contribution >= 0.6 is 0 Å². The highest BCUT2D eigenvalue weighted by Crippen LogP contribution is 2.29. The number of imide groups is 1. The summed E-state index contributed by atoms with van der Waals surface area (Å²) in [6.07, 6.45) is 2.13. The molecule has 0 aliphatic carbocycles. The number of carbonyl (C=O) groups is 2. The van der Waals surface area contributed by atoms with Crippen molar-refractivity contribution in [3.8, 4) is 0 Å². The fourth-order valence-corrected chi connectivity index (χ4v) is 2.53. The monoisotopic (exact) mass is 234 g/mol. The van der Waals surface area contributed by atoms with Crippen LogP contribution in [-0.4, -0.2) is 43.8 Å². The third kappa shape index (κ3) is 1.30. The molecule has 1 N–H and O–H groups in total. The molecule has 2 aliphatic rings. The fraction of sp³-hybridized carbons (Fsp3) is 0.545. The summed E-state index contributed by atoms with van der Waals surface area (Å²) in [5.41, 5.74) is 1.84. The summed E-state index contributed by atoms with van der Waals surface area (Å²) in [4.78, 5) is 34.4. The third-order valence-corrected chi connectivity index (χ3v) is 3.39. The van der Waals surface area contributed by atoms with E-state index in [2.05, 4.69) is 9.97 Å². The number of carbonyl (C=O) groups excluding carboxylic acids is 2. The Morgan fingerprint density at radius 3 is 2.94 bits per heavy atom. The number of nitrogens with one attached hydrogen (secondary N) is 1. The van der Waals surface area contributed by atoms with Crippen molar-refractivity contribution < 1.29 is 9.59 Å². The first-order chi connectivity index (χ1) is 8.09. The molecule has 2 aliphatic heterocycles. The average molecular weight is 234 g/mol. The van der Waals surface area contributed by atoms with Crippen LogP contribution in [0.5, 0.6) is 0 Å². The number of nitrogens with zero attached hydrogens (tertiary/aromatic N) is 3. The van der Waals surface area contributed by atoms with E-state index in [9.17, 15) is 9.59 Å². The largest absolute Gasteiger partial charge is 0.347 e. The lowest BCUT2D eigenvalue weighted by molar-refractivity contribution is -0.129. The minimum atomic E-state index is -0.360. The Morgan fingerprint density at radius 1 is 1.47 bits per heavy atom. The molecule has 6 heteroatoms. The molecule has 1 saturated heterocycles. The number of rotatable bonds is 1. The lowest BCUT2D eigenvalue weighted by atomic mass is 10.0. The Balaban J connectivity index is 1.97. The smallest absolute Gasteiger partial charge is 0.328 e. The predicted molar refractivity (Wildman–Crippen MR) is 59.0 cm³/mol. The Hall–Kier alpha value is -1.85. The minimum Gasteiger partial charge on any atom is -0.347 e. The van der Waals surface area contributed by atoms with Crippen molar-refractivity contribution in [2.75, 3.05) is 0 Å². The molecule has 0 unspecified atom stereocenters. The van der Waals surface area contributed by atoms with Crippen LogP contribution in [0.25, 0.3) is 0 Å². The van der Waals surface area contributed by atoms with Gasteiger partial charge >= 0.3 is 6.03 Å². The molecule has 17 heavy (non-hydrogen) atoms. The Kier molecular flexibility index (Phi) is 2.01. The van der Waals surface area contributed by atoms with Gasteiger partial charge in [-0.05, 0) is 13.8 Å². The normalized spacial score (nSPS) is 23.4. The fourth-order valence-electron chi connectivity index (χ4n) is 2.53. The second-order valence-corrected chi connectivity index (χ2v) is 4.76. The molecule has 0 aromatic carbocycles. The summed E-state index contributed by atoms with van der Waals surface area (Å²) < 4.78 is 0. The van der Waals surface area contributed by atoms with Crippen LogP contribution in [0.15, 0.2) is 6.33 Å². The minimum absolute atomic E-state index is 0.0908. The van der Waals surface area contributed by atoms with E-state index in [1.807, 2.05) is 13.8 Å². The van der Waals surface area contributed by atoms with Crippen LogP contribution in [-0.2, 0) is 17.8 Å². The second kappa shape index (κ2) is 3.32. The Morgan fingerprint density at radius 2 is 2.24 bits per heavy atom. The number of urea groups is 1. The lowest BCUT2D eigenvalue weighted by Crippen LogP contribution is -2.40. The van der Waals surface area contributed by atoms with Crippen LogP contribution in [0.1, 0.15) is 25.2 Å². The predicted octanol–water partition coefficient (Wildman–Crippen LogP) is 0.507. The average Bonchev–Trinajstić information content (AvgIpc) is 2.81. The Bertz CT molecular complexity index is 455. The molecule has 0 bridgehead atoms. The number of aromatic amines is 1. The standard InChI is InChI=1S/C11H14N4O2/c1-6(2)15-10(16)9-3-7-8(13-5-12-7)4-14(9)11(15)17/h5-6,9H,3-4H2,1-2H3,(H,12,13)/t9-/m1/s1. The molecule has 1 aromatic rings. The van der Waals surface area contributed by atoms with Crippen molar-refractivity contribution in [2.24, 2.45) is 0 Å². The molecule has 1 fully saturated rings. The van der Waals surface area contributed by atoms with E-state index in [0.717, 1.165) is 11.4 Å². The summed E-state index contributed by atoms with van der Waals surface area (Å²) in [5.74, 6) is -0.0985. The first-order valence-electron chi connectivity index (χ1n) is 5.74. The van der Waals surface area contributed by atoms with Crippen LogP contribution in [0.2, 0.25) is 0 Å². The van der Waals surface area contributed by atoms with Gasteiger partial charge < -0.3 is 9.88 Å². The van der Waals surface area contributed by atoms with Gasteiger partial charge in [-0.3, -0.25) is 9.69 Å². The zero-order valence-corrected chi connectivity index (χ0v) is 9.80. The van der Waals surface area contributed by atoms with Gasteiger partial charge in [0, 0.05) is 12.5 Å². The Labute approximate surface area is 98.6 Å². The van der Waals surface area contributed by atoms with Gasteiger partial charge in [0.15, 0.2) is 0 Å². The molecule has 1 aromatic heterocycles. The summed E-state index contributed by atoms with van der Waals surface area (Å²) in [6, 6.07) is -0.636. The third-order valence-electron chi connectivity index (χ3n) is 3.39. The van der Waals surface area contributed by atoms with Gasteiger partial charge in [0.25, 0.3) is 5.91 Å². The van der Waals surface area contributed by atoms with Crippen LogP contribution in [0.3, 0.4) is 0 Å². The molecule has 3 heterocycles. The molecule has 3 amide bonds. The van der Waals surface area contributed by atoms with Gasteiger partial charge in [-0.15, -0.1) is 0 Å². The first kappa shape index (κ1) is 10.3. The number of fused-ring (bicyclic) bond motifs is 2. The maximum Gasteiger partial charge on any atom is 0.328 e. The first-order valence-corrected chi connectivity index (χ1v) is 5.74. The number of hydrogen-bond acceptors (Lipinski definition) is 3. The van der Waals surface area contributed by atoms with Crippen LogP contribution in [0, 0.1) is 0 Å². The van der Waals surface area contributed by atoms with E-state index >= 15 is 0 Å². The van der Waals surface area contributed by atoms with Crippen molar-refractivity contribution in [3.63, 3.8) is 0 Å². The molecule has 6 nitrogen and oxygen atoms in total. The van der Waals surface area contributed by atoms with Crippen molar-refractivity contribution >= 4 is 11.9 Å². The van der Waals surface area contributed by atoms with Crippen molar-refractivity contribution in [3.05, 3.63) is 17.7 Å². The van der Waals surface area contributed by atoms with Crippen molar-refractivity contribution in [2.45, 2.75) is 38.9 Å². The summed E-state index contributed by atoms with van der Waals surface area (Å²) in [6.45, 7) is 4.16.